The minimum Gasteiger partial charge on any atom is -0.349 e. The minimum atomic E-state index is -4.40. The lowest BCUT2D eigenvalue weighted by atomic mass is 10.1. The molecule has 0 bridgehead atoms. The molecular formula is C14H14F3N3OS. The maximum absolute atomic E-state index is 12.7. The van der Waals surface area contributed by atoms with Gasteiger partial charge in [-0.15, -0.1) is 11.3 Å². The van der Waals surface area contributed by atoms with E-state index in [0.717, 1.165) is 23.5 Å². The maximum atomic E-state index is 12.7. The van der Waals surface area contributed by atoms with E-state index in [1.807, 2.05) is 0 Å². The van der Waals surface area contributed by atoms with E-state index in [4.69, 9.17) is 0 Å². The van der Waals surface area contributed by atoms with Crippen molar-refractivity contribution in [3.63, 3.8) is 0 Å². The SMILES string of the molecule is CNCCNC(=O)c1csc(-c2cccc(C(F)(F)F)c2)n1. The summed E-state index contributed by atoms with van der Waals surface area (Å²) in [4.78, 5) is 15.9. The molecule has 1 amide bonds. The van der Waals surface area contributed by atoms with Crippen molar-refractivity contribution in [2.45, 2.75) is 6.18 Å². The normalized spacial score (nSPS) is 11.5. The van der Waals surface area contributed by atoms with Crippen LogP contribution < -0.4 is 10.6 Å². The van der Waals surface area contributed by atoms with Gasteiger partial charge in [-0.05, 0) is 19.2 Å². The van der Waals surface area contributed by atoms with E-state index in [-0.39, 0.29) is 11.6 Å². The average Bonchev–Trinajstić information content (AvgIpc) is 2.96. The molecule has 8 heteroatoms. The van der Waals surface area contributed by atoms with Gasteiger partial charge >= 0.3 is 6.18 Å². The molecule has 2 rings (SSSR count). The lowest BCUT2D eigenvalue weighted by Crippen LogP contribution is -2.30. The number of carbonyl (C=O) groups is 1. The summed E-state index contributed by atoms with van der Waals surface area (Å²) in [5.41, 5.74) is -0.192. The van der Waals surface area contributed by atoms with E-state index < -0.39 is 11.7 Å². The van der Waals surface area contributed by atoms with Gasteiger partial charge in [0.25, 0.3) is 5.91 Å². The minimum absolute atomic E-state index is 0.202. The number of benzene rings is 1. The van der Waals surface area contributed by atoms with Gasteiger partial charge in [0.2, 0.25) is 0 Å². The van der Waals surface area contributed by atoms with E-state index in [1.54, 1.807) is 7.05 Å². The first-order chi connectivity index (χ1) is 10.4. The lowest BCUT2D eigenvalue weighted by Gasteiger charge is -2.07. The number of halogens is 3. The van der Waals surface area contributed by atoms with Crippen molar-refractivity contribution < 1.29 is 18.0 Å². The first-order valence-corrected chi connectivity index (χ1v) is 7.35. The van der Waals surface area contributed by atoms with Gasteiger partial charge in [0.15, 0.2) is 0 Å². The molecule has 0 aliphatic heterocycles. The number of likely N-dealkylation sites (N-methyl/N-ethyl adjacent to an activating group) is 1. The van der Waals surface area contributed by atoms with E-state index in [0.29, 0.717) is 23.7 Å². The van der Waals surface area contributed by atoms with Crippen LogP contribution in [0.3, 0.4) is 0 Å². The van der Waals surface area contributed by atoms with Crippen LogP contribution in [0.5, 0.6) is 0 Å². The average molecular weight is 329 g/mol. The van der Waals surface area contributed by atoms with Crippen LogP contribution in [0.4, 0.5) is 13.2 Å². The molecule has 2 aromatic rings. The fourth-order valence-corrected chi connectivity index (χ4v) is 2.53. The van der Waals surface area contributed by atoms with Gasteiger partial charge in [0.05, 0.1) is 5.56 Å². The number of nitrogens with one attached hydrogen (secondary N) is 2. The fourth-order valence-electron chi connectivity index (χ4n) is 1.73. The van der Waals surface area contributed by atoms with Gasteiger partial charge in [0, 0.05) is 24.0 Å². The second kappa shape index (κ2) is 6.89. The molecule has 0 saturated carbocycles. The Kier molecular flexibility index (Phi) is 5.15. The highest BCUT2D eigenvalue weighted by Crippen LogP contribution is 2.33. The Morgan fingerprint density at radius 2 is 2.09 bits per heavy atom. The molecule has 0 aliphatic carbocycles. The van der Waals surface area contributed by atoms with Crippen molar-refractivity contribution in [3.05, 3.63) is 40.9 Å². The van der Waals surface area contributed by atoms with Gasteiger partial charge in [-0.1, -0.05) is 12.1 Å². The molecule has 0 atom stereocenters. The van der Waals surface area contributed by atoms with Crippen molar-refractivity contribution in [2.24, 2.45) is 0 Å². The lowest BCUT2D eigenvalue weighted by molar-refractivity contribution is -0.137. The zero-order valence-electron chi connectivity index (χ0n) is 11.7. The topological polar surface area (TPSA) is 54.0 Å². The van der Waals surface area contributed by atoms with Crippen molar-refractivity contribution in [1.82, 2.24) is 15.6 Å². The number of aromatic nitrogens is 1. The Hall–Kier alpha value is -1.93. The van der Waals surface area contributed by atoms with Crippen LogP contribution in [-0.4, -0.2) is 31.0 Å². The summed E-state index contributed by atoms with van der Waals surface area (Å²) in [5, 5.41) is 7.46. The van der Waals surface area contributed by atoms with Crippen LogP contribution in [0.2, 0.25) is 0 Å². The summed E-state index contributed by atoms with van der Waals surface area (Å²) in [5.74, 6) is -0.343. The number of hydrogen-bond donors (Lipinski definition) is 2. The third-order valence-electron chi connectivity index (χ3n) is 2.83. The zero-order valence-corrected chi connectivity index (χ0v) is 12.5. The molecule has 0 saturated heterocycles. The van der Waals surface area contributed by atoms with Gasteiger partial charge in [-0.3, -0.25) is 4.79 Å². The van der Waals surface area contributed by atoms with Gasteiger partial charge < -0.3 is 10.6 Å². The molecule has 4 nitrogen and oxygen atoms in total. The molecule has 1 aromatic heterocycles. The highest BCUT2D eigenvalue weighted by Gasteiger charge is 2.30. The molecule has 118 valence electrons. The van der Waals surface area contributed by atoms with Gasteiger partial charge in [-0.2, -0.15) is 13.2 Å². The van der Waals surface area contributed by atoms with Gasteiger partial charge in [0.1, 0.15) is 10.7 Å². The smallest absolute Gasteiger partial charge is 0.349 e. The Morgan fingerprint density at radius 1 is 1.32 bits per heavy atom. The standard InChI is InChI=1S/C14H14F3N3OS/c1-18-5-6-19-12(21)11-8-22-13(20-11)9-3-2-4-10(7-9)14(15,16)17/h2-4,7-8,18H,5-6H2,1H3,(H,19,21). The molecule has 0 fully saturated rings. The molecule has 0 aliphatic rings. The first-order valence-electron chi connectivity index (χ1n) is 6.48. The molecule has 1 heterocycles. The summed E-state index contributed by atoms with van der Waals surface area (Å²) in [7, 11) is 1.76. The predicted octanol–water partition coefficient (Wildman–Crippen LogP) is 2.78. The summed E-state index contributed by atoms with van der Waals surface area (Å²) >= 11 is 1.13. The molecule has 0 spiro atoms. The molecule has 22 heavy (non-hydrogen) atoms. The largest absolute Gasteiger partial charge is 0.416 e. The molecule has 0 unspecified atom stereocenters. The van der Waals surface area contributed by atoms with Crippen LogP contribution >= 0.6 is 11.3 Å². The van der Waals surface area contributed by atoms with E-state index in [2.05, 4.69) is 15.6 Å². The first kappa shape index (κ1) is 16.4. The number of hydrogen-bond acceptors (Lipinski definition) is 4. The number of alkyl halides is 3. The predicted molar refractivity (Wildman–Crippen MR) is 78.8 cm³/mol. The highest BCUT2D eigenvalue weighted by molar-refractivity contribution is 7.13. The second-order valence-corrected chi connectivity index (χ2v) is 5.33. The fraction of sp³-hybridized carbons (Fsp3) is 0.286. The highest BCUT2D eigenvalue weighted by atomic mass is 32.1. The van der Waals surface area contributed by atoms with Crippen LogP contribution in [0.15, 0.2) is 29.6 Å². The van der Waals surface area contributed by atoms with Crippen molar-refractivity contribution >= 4 is 17.2 Å². The third kappa shape index (κ3) is 4.05. The van der Waals surface area contributed by atoms with E-state index >= 15 is 0 Å². The number of rotatable bonds is 5. The van der Waals surface area contributed by atoms with E-state index in [9.17, 15) is 18.0 Å². The third-order valence-corrected chi connectivity index (χ3v) is 3.73. The Bertz CT molecular complexity index is 655. The summed E-state index contributed by atoms with van der Waals surface area (Å²) < 4.78 is 38.1. The van der Waals surface area contributed by atoms with Gasteiger partial charge in [-0.25, -0.2) is 4.98 Å². The van der Waals surface area contributed by atoms with E-state index in [1.165, 1.54) is 17.5 Å². The Labute approximate surface area is 129 Å². The number of amides is 1. The summed E-state index contributed by atoms with van der Waals surface area (Å²) in [6.07, 6.45) is -4.40. The van der Waals surface area contributed by atoms with Crippen LogP contribution in [0.1, 0.15) is 16.1 Å². The Morgan fingerprint density at radius 3 is 2.77 bits per heavy atom. The van der Waals surface area contributed by atoms with Crippen molar-refractivity contribution in [2.75, 3.05) is 20.1 Å². The number of carbonyl (C=O) groups excluding carboxylic acids is 1. The van der Waals surface area contributed by atoms with Crippen molar-refractivity contribution in [3.8, 4) is 10.6 Å². The monoisotopic (exact) mass is 329 g/mol. The molecular weight excluding hydrogens is 315 g/mol. The number of thiazole rings is 1. The van der Waals surface area contributed by atoms with Crippen LogP contribution in [0.25, 0.3) is 10.6 Å². The molecule has 0 radical (unpaired) electrons. The van der Waals surface area contributed by atoms with Crippen molar-refractivity contribution in [1.29, 1.82) is 0 Å². The molecule has 2 N–H and O–H groups in total. The summed E-state index contributed by atoms with van der Waals surface area (Å²) in [6, 6.07) is 4.90. The van der Waals surface area contributed by atoms with Crippen LogP contribution in [0, 0.1) is 0 Å². The maximum Gasteiger partial charge on any atom is 0.416 e. The quantitative estimate of drug-likeness (QED) is 0.830. The second-order valence-electron chi connectivity index (χ2n) is 4.48. The zero-order chi connectivity index (χ0) is 16.2. The van der Waals surface area contributed by atoms with Crippen LogP contribution in [-0.2, 0) is 6.18 Å². The summed E-state index contributed by atoms with van der Waals surface area (Å²) in [6.45, 7) is 1.07. The Balaban J connectivity index is 2.16. The number of nitrogens with zero attached hydrogens (tertiary/aromatic N) is 1. The molecule has 1 aromatic carbocycles.